The van der Waals surface area contributed by atoms with E-state index in [1.54, 1.807) is 16.8 Å². The van der Waals surface area contributed by atoms with Crippen molar-refractivity contribution in [3.8, 4) is 0 Å². The predicted octanol–water partition coefficient (Wildman–Crippen LogP) is 0.344. The molecule has 0 atom stereocenters. The summed E-state index contributed by atoms with van der Waals surface area (Å²) < 4.78 is 1.69. The van der Waals surface area contributed by atoms with E-state index in [4.69, 9.17) is 0 Å². The van der Waals surface area contributed by atoms with Crippen LogP contribution < -0.4 is 10.9 Å². The first kappa shape index (κ1) is 7.55. The Morgan fingerprint density at radius 1 is 1.43 bits per heavy atom. The second-order valence-corrected chi connectivity index (χ2v) is 3.36. The van der Waals surface area contributed by atoms with Gasteiger partial charge in [0.05, 0.1) is 17.8 Å². The smallest absolute Gasteiger partial charge is 0.261 e. The molecule has 4 nitrogen and oxygen atoms in total. The predicted molar refractivity (Wildman–Crippen MR) is 53.4 cm³/mol. The summed E-state index contributed by atoms with van der Waals surface area (Å²) in [5.74, 6) is 0.769. The molecule has 2 aliphatic rings. The average Bonchev–Trinajstić information content (AvgIpc) is 2.66. The molecule has 0 fully saturated rings. The Labute approximate surface area is 80.6 Å². The zero-order valence-corrected chi connectivity index (χ0v) is 7.53. The van der Waals surface area contributed by atoms with E-state index in [9.17, 15) is 4.79 Å². The topological polar surface area (TPSA) is 46.9 Å². The molecule has 3 heterocycles. The van der Waals surface area contributed by atoms with E-state index in [-0.39, 0.29) is 5.56 Å². The van der Waals surface area contributed by atoms with E-state index in [2.05, 4.69) is 10.3 Å². The van der Waals surface area contributed by atoms with Gasteiger partial charge in [0.1, 0.15) is 5.82 Å². The van der Waals surface area contributed by atoms with Crippen LogP contribution in [-0.2, 0) is 13.1 Å². The van der Waals surface area contributed by atoms with Crippen molar-refractivity contribution in [3.05, 3.63) is 39.7 Å². The summed E-state index contributed by atoms with van der Waals surface area (Å²) >= 11 is 0. The molecule has 3 rings (SSSR count). The number of nitrogens with one attached hydrogen (secondary N) is 1. The summed E-state index contributed by atoms with van der Waals surface area (Å²) in [6, 6.07) is 0. The maximum Gasteiger partial charge on any atom is 0.261 e. The molecule has 0 radical (unpaired) electrons. The molecule has 0 saturated heterocycles. The van der Waals surface area contributed by atoms with E-state index in [0.717, 1.165) is 17.1 Å². The SMILES string of the molecule is O=c1c2c(nc3n1CC=C3)CNC=C2. The van der Waals surface area contributed by atoms with Gasteiger partial charge in [-0.05, 0) is 18.4 Å². The molecule has 1 N–H and O–H groups in total. The van der Waals surface area contributed by atoms with Crippen molar-refractivity contribution >= 4 is 12.2 Å². The monoisotopic (exact) mass is 187 g/mol. The largest absolute Gasteiger partial charge is 0.385 e. The second kappa shape index (κ2) is 2.57. The zero-order valence-electron chi connectivity index (χ0n) is 7.53. The molecule has 1 aromatic heterocycles. The van der Waals surface area contributed by atoms with Crippen LogP contribution in [0.1, 0.15) is 17.1 Å². The van der Waals surface area contributed by atoms with Gasteiger partial charge in [-0.1, -0.05) is 6.08 Å². The van der Waals surface area contributed by atoms with Gasteiger partial charge in [-0.3, -0.25) is 9.36 Å². The van der Waals surface area contributed by atoms with Crippen LogP contribution in [0.4, 0.5) is 0 Å². The highest BCUT2D eigenvalue weighted by Gasteiger charge is 2.16. The van der Waals surface area contributed by atoms with Gasteiger partial charge in [0, 0.05) is 6.54 Å². The minimum absolute atomic E-state index is 0.0627. The van der Waals surface area contributed by atoms with Gasteiger partial charge in [0.15, 0.2) is 0 Å². The van der Waals surface area contributed by atoms with Crippen molar-refractivity contribution in [1.29, 1.82) is 0 Å². The number of allylic oxidation sites excluding steroid dienone is 1. The Morgan fingerprint density at radius 2 is 2.36 bits per heavy atom. The van der Waals surface area contributed by atoms with Crippen molar-refractivity contribution in [2.45, 2.75) is 13.1 Å². The molecule has 0 amide bonds. The highest BCUT2D eigenvalue weighted by atomic mass is 16.1. The van der Waals surface area contributed by atoms with E-state index >= 15 is 0 Å². The first-order valence-corrected chi connectivity index (χ1v) is 4.56. The number of hydrogen-bond donors (Lipinski definition) is 1. The lowest BCUT2D eigenvalue weighted by Gasteiger charge is -2.12. The van der Waals surface area contributed by atoms with E-state index < -0.39 is 0 Å². The fourth-order valence-electron chi connectivity index (χ4n) is 1.80. The van der Waals surface area contributed by atoms with Crippen LogP contribution in [0.2, 0.25) is 0 Å². The van der Waals surface area contributed by atoms with Gasteiger partial charge in [0.2, 0.25) is 0 Å². The third-order valence-corrected chi connectivity index (χ3v) is 2.50. The Morgan fingerprint density at radius 3 is 3.29 bits per heavy atom. The lowest BCUT2D eigenvalue weighted by Crippen LogP contribution is -2.28. The number of aromatic nitrogens is 2. The normalized spacial score (nSPS) is 16.3. The van der Waals surface area contributed by atoms with Crippen LogP contribution in [0.3, 0.4) is 0 Å². The van der Waals surface area contributed by atoms with Crippen LogP contribution in [-0.4, -0.2) is 9.55 Å². The first-order chi connectivity index (χ1) is 6.86. The fourth-order valence-corrected chi connectivity index (χ4v) is 1.80. The Kier molecular flexibility index (Phi) is 1.39. The maximum absolute atomic E-state index is 11.9. The molecule has 1 aromatic rings. The van der Waals surface area contributed by atoms with E-state index in [1.807, 2.05) is 12.2 Å². The summed E-state index contributed by atoms with van der Waals surface area (Å²) in [7, 11) is 0. The van der Waals surface area contributed by atoms with E-state index in [0.29, 0.717) is 13.1 Å². The van der Waals surface area contributed by atoms with Crippen molar-refractivity contribution in [2.24, 2.45) is 0 Å². The highest BCUT2D eigenvalue weighted by Crippen LogP contribution is 2.12. The van der Waals surface area contributed by atoms with Crippen LogP contribution in [0, 0.1) is 0 Å². The van der Waals surface area contributed by atoms with Crippen LogP contribution >= 0.6 is 0 Å². The molecule has 14 heavy (non-hydrogen) atoms. The maximum atomic E-state index is 11.9. The molecule has 0 spiro atoms. The number of fused-ring (bicyclic) bond motifs is 2. The molecule has 0 unspecified atom stereocenters. The number of nitrogens with zero attached hydrogens (tertiary/aromatic N) is 2. The van der Waals surface area contributed by atoms with Crippen molar-refractivity contribution in [2.75, 3.05) is 0 Å². The van der Waals surface area contributed by atoms with Gasteiger partial charge < -0.3 is 5.32 Å². The zero-order chi connectivity index (χ0) is 9.54. The molecule has 0 aliphatic carbocycles. The van der Waals surface area contributed by atoms with Crippen molar-refractivity contribution in [1.82, 2.24) is 14.9 Å². The molecule has 2 aliphatic heterocycles. The molecule has 0 saturated carbocycles. The molecular formula is C10H9N3O. The standard InChI is InChI=1S/C10H9N3O/c14-10-7-3-4-11-6-8(7)12-9-2-1-5-13(9)10/h1-4,11H,5-6H2. The molecular weight excluding hydrogens is 178 g/mol. The quantitative estimate of drug-likeness (QED) is 0.637. The van der Waals surface area contributed by atoms with Gasteiger partial charge in [-0.15, -0.1) is 0 Å². The Hall–Kier alpha value is -1.84. The first-order valence-electron chi connectivity index (χ1n) is 4.56. The highest BCUT2D eigenvalue weighted by molar-refractivity contribution is 5.55. The summed E-state index contributed by atoms with van der Waals surface area (Å²) in [4.78, 5) is 16.3. The lowest BCUT2D eigenvalue weighted by molar-refractivity contribution is 0.724. The third-order valence-electron chi connectivity index (χ3n) is 2.50. The molecule has 4 heteroatoms. The molecule has 70 valence electrons. The van der Waals surface area contributed by atoms with Crippen molar-refractivity contribution in [3.63, 3.8) is 0 Å². The van der Waals surface area contributed by atoms with Gasteiger partial charge >= 0.3 is 0 Å². The molecule has 0 aromatic carbocycles. The minimum atomic E-state index is 0.0627. The third kappa shape index (κ3) is 0.878. The second-order valence-electron chi connectivity index (χ2n) is 3.36. The summed E-state index contributed by atoms with van der Waals surface area (Å²) in [5.41, 5.74) is 1.62. The van der Waals surface area contributed by atoms with Gasteiger partial charge in [0.25, 0.3) is 5.56 Å². The summed E-state index contributed by atoms with van der Waals surface area (Å²) in [6.45, 7) is 1.29. The lowest BCUT2D eigenvalue weighted by atomic mass is 10.2. The summed E-state index contributed by atoms with van der Waals surface area (Å²) in [6.07, 6.45) is 7.42. The van der Waals surface area contributed by atoms with Gasteiger partial charge in [-0.25, -0.2) is 4.98 Å². The van der Waals surface area contributed by atoms with Crippen molar-refractivity contribution < 1.29 is 0 Å². The number of hydrogen-bond acceptors (Lipinski definition) is 3. The average molecular weight is 187 g/mol. The van der Waals surface area contributed by atoms with Crippen LogP contribution in [0.15, 0.2) is 17.1 Å². The van der Waals surface area contributed by atoms with Crippen LogP contribution in [0.25, 0.3) is 12.2 Å². The Bertz CT molecular complexity index is 511. The summed E-state index contributed by atoms with van der Waals surface area (Å²) in [5, 5.41) is 3.04. The fraction of sp³-hybridized carbons (Fsp3) is 0.200. The van der Waals surface area contributed by atoms with Crippen LogP contribution in [0.5, 0.6) is 0 Å². The minimum Gasteiger partial charge on any atom is -0.385 e. The Balaban J connectivity index is 2.35. The van der Waals surface area contributed by atoms with E-state index in [1.165, 1.54) is 0 Å². The number of rotatable bonds is 0. The van der Waals surface area contributed by atoms with Gasteiger partial charge in [-0.2, -0.15) is 0 Å². The molecule has 0 bridgehead atoms.